The number of carbonyl (C=O) groups is 1. The van der Waals surface area contributed by atoms with Crippen LogP contribution in [0.1, 0.15) is 17.3 Å². The lowest BCUT2D eigenvalue weighted by atomic mass is 10.2. The summed E-state index contributed by atoms with van der Waals surface area (Å²) < 4.78 is 1.75. The van der Waals surface area contributed by atoms with E-state index in [0.717, 1.165) is 13.3 Å². The Labute approximate surface area is 132 Å². The third-order valence-electron chi connectivity index (χ3n) is 2.63. The number of hydrogen-bond donors (Lipinski definition) is 1. The maximum absolute atomic E-state index is 12.6. The average Bonchev–Trinajstić information content (AvgIpc) is 2.69. The zero-order chi connectivity index (χ0) is 14.0. The summed E-state index contributed by atoms with van der Waals surface area (Å²) in [6.45, 7) is 2.53. The molecular formula is C13H12Br2N2OS. The third-order valence-corrected chi connectivity index (χ3v) is 4.97. The van der Waals surface area contributed by atoms with Gasteiger partial charge in [-0.2, -0.15) is 0 Å². The minimum atomic E-state index is -0.0399. The summed E-state index contributed by atoms with van der Waals surface area (Å²) in [5, 5.41) is 0. The molecule has 1 aromatic heterocycles. The molecule has 0 atom stereocenters. The highest BCUT2D eigenvalue weighted by Gasteiger charge is 2.20. The Kier molecular flexibility index (Phi) is 4.65. The van der Waals surface area contributed by atoms with Crippen molar-refractivity contribution >= 4 is 60.5 Å². The van der Waals surface area contributed by atoms with Crippen LogP contribution in [0.15, 0.2) is 37.9 Å². The maximum Gasteiger partial charge on any atom is 0.260 e. The van der Waals surface area contributed by atoms with Crippen LogP contribution in [0.4, 0.5) is 11.4 Å². The maximum atomic E-state index is 12.6. The molecule has 0 aliphatic rings. The fraction of sp³-hybridized carbons (Fsp3) is 0.154. The van der Waals surface area contributed by atoms with Crippen molar-refractivity contribution in [3.8, 4) is 0 Å². The van der Waals surface area contributed by atoms with E-state index in [4.69, 9.17) is 5.73 Å². The summed E-state index contributed by atoms with van der Waals surface area (Å²) in [5.74, 6) is -0.0399. The van der Waals surface area contributed by atoms with E-state index in [9.17, 15) is 4.79 Å². The number of rotatable bonds is 3. The molecule has 1 heterocycles. The van der Waals surface area contributed by atoms with E-state index >= 15 is 0 Å². The van der Waals surface area contributed by atoms with Gasteiger partial charge in [0.15, 0.2) is 0 Å². The van der Waals surface area contributed by atoms with Crippen LogP contribution in [0.25, 0.3) is 0 Å². The van der Waals surface area contributed by atoms with Gasteiger partial charge in [0, 0.05) is 17.9 Å². The number of nitrogen functional groups attached to an aromatic ring is 1. The van der Waals surface area contributed by atoms with Crippen LogP contribution in [-0.4, -0.2) is 12.5 Å². The Hall–Kier alpha value is -0.850. The first-order valence-corrected chi connectivity index (χ1v) is 8.05. The molecule has 100 valence electrons. The average molecular weight is 404 g/mol. The van der Waals surface area contributed by atoms with Crippen LogP contribution in [0.3, 0.4) is 0 Å². The van der Waals surface area contributed by atoms with E-state index in [2.05, 4.69) is 31.9 Å². The summed E-state index contributed by atoms with van der Waals surface area (Å²) in [6.07, 6.45) is 0. The van der Waals surface area contributed by atoms with E-state index < -0.39 is 0 Å². The number of anilines is 2. The molecule has 0 spiro atoms. The zero-order valence-corrected chi connectivity index (χ0v) is 14.2. The molecule has 0 saturated heterocycles. The molecule has 3 nitrogen and oxygen atoms in total. The van der Waals surface area contributed by atoms with Crippen molar-refractivity contribution in [3.05, 3.63) is 43.5 Å². The molecule has 6 heteroatoms. The van der Waals surface area contributed by atoms with Gasteiger partial charge >= 0.3 is 0 Å². The Morgan fingerprint density at radius 3 is 2.63 bits per heavy atom. The molecule has 2 rings (SSSR count). The van der Waals surface area contributed by atoms with Crippen molar-refractivity contribution in [2.24, 2.45) is 0 Å². The van der Waals surface area contributed by atoms with Crippen LogP contribution in [0.2, 0.25) is 0 Å². The number of nitrogens with zero attached hydrogens (tertiary/aromatic N) is 1. The van der Waals surface area contributed by atoms with Gasteiger partial charge in [-0.25, -0.2) is 0 Å². The van der Waals surface area contributed by atoms with Crippen molar-refractivity contribution in [1.29, 1.82) is 0 Å². The molecule has 0 radical (unpaired) electrons. The van der Waals surface area contributed by atoms with Gasteiger partial charge in [0.1, 0.15) is 0 Å². The highest BCUT2D eigenvalue weighted by Crippen LogP contribution is 2.33. The normalized spacial score (nSPS) is 10.5. The van der Waals surface area contributed by atoms with E-state index in [0.29, 0.717) is 17.8 Å². The Balaban J connectivity index is 2.37. The van der Waals surface area contributed by atoms with Crippen LogP contribution < -0.4 is 10.6 Å². The largest absolute Gasteiger partial charge is 0.399 e. The molecule has 0 unspecified atom stereocenters. The molecular weight excluding hydrogens is 392 g/mol. The number of hydrogen-bond acceptors (Lipinski definition) is 3. The number of halogens is 2. The van der Waals surface area contributed by atoms with Crippen molar-refractivity contribution in [1.82, 2.24) is 0 Å². The van der Waals surface area contributed by atoms with E-state index in [1.54, 1.807) is 17.0 Å². The number of nitrogens with two attached hydrogens (primary N) is 1. The van der Waals surface area contributed by atoms with Crippen LogP contribution in [0, 0.1) is 0 Å². The van der Waals surface area contributed by atoms with Gasteiger partial charge in [0.05, 0.1) is 13.1 Å². The highest BCUT2D eigenvalue weighted by atomic mass is 79.9. The monoisotopic (exact) mass is 402 g/mol. The third kappa shape index (κ3) is 3.19. The predicted molar refractivity (Wildman–Crippen MR) is 87.9 cm³/mol. The molecule has 0 aliphatic carbocycles. The topological polar surface area (TPSA) is 46.3 Å². The predicted octanol–water partition coefficient (Wildman–Crippen LogP) is 4.52. The lowest BCUT2D eigenvalue weighted by molar-refractivity contribution is 0.0988. The quantitative estimate of drug-likeness (QED) is 0.765. The second-order valence-corrected chi connectivity index (χ2v) is 7.63. The Bertz CT molecular complexity index is 612. The summed E-state index contributed by atoms with van der Waals surface area (Å²) in [7, 11) is 0. The first-order chi connectivity index (χ1) is 9.02. The summed E-state index contributed by atoms with van der Waals surface area (Å²) in [5.41, 5.74) is 7.88. The molecule has 1 aromatic carbocycles. The van der Waals surface area contributed by atoms with E-state index in [-0.39, 0.29) is 5.91 Å². The fourth-order valence-corrected chi connectivity index (χ4v) is 4.55. The van der Waals surface area contributed by atoms with E-state index in [1.165, 1.54) is 11.3 Å². The number of thiophene rings is 1. The summed E-state index contributed by atoms with van der Waals surface area (Å²) >= 11 is 8.29. The molecule has 2 N–H and O–H groups in total. The van der Waals surface area contributed by atoms with Gasteiger partial charge < -0.3 is 10.6 Å². The molecule has 0 saturated carbocycles. The minimum absolute atomic E-state index is 0.0399. The van der Waals surface area contributed by atoms with Gasteiger partial charge in [-0.1, -0.05) is 6.07 Å². The Morgan fingerprint density at radius 2 is 2.11 bits per heavy atom. The first kappa shape index (κ1) is 14.6. The number of amides is 1. The molecule has 1 amide bonds. The molecule has 0 bridgehead atoms. The summed E-state index contributed by atoms with van der Waals surface area (Å²) in [6, 6.07) is 9.16. The van der Waals surface area contributed by atoms with Gasteiger partial charge in [0.25, 0.3) is 5.91 Å². The van der Waals surface area contributed by atoms with Gasteiger partial charge in [-0.05, 0) is 63.0 Å². The van der Waals surface area contributed by atoms with Gasteiger partial charge in [-0.3, -0.25) is 4.79 Å². The molecule has 0 aliphatic heterocycles. The smallest absolute Gasteiger partial charge is 0.260 e. The van der Waals surface area contributed by atoms with E-state index in [1.807, 2.05) is 25.1 Å². The number of benzene rings is 1. The van der Waals surface area contributed by atoms with Gasteiger partial charge in [-0.15, -0.1) is 11.3 Å². The Morgan fingerprint density at radius 1 is 1.37 bits per heavy atom. The molecule has 0 fully saturated rings. The summed E-state index contributed by atoms with van der Waals surface area (Å²) in [4.78, 5) is 14.3. The lowest BCUT2D eigenvalue weighted by Gasteiger charge is -2.21. The second-order valence-electron chi connectivity index (χ2n) is 3.88. The minimum Gasteiger partial charge on any atom is -0.399 e. The second kappa shape index (κ2) is 6.07. The van der Waals surface area contributed by atoms with Crippen LogP contribution in [0.5, 0.6) is 0 Å². The first-order valence-electron chi connectivity index (χ1n) is 5.65. The molecule has 19 heavy (non-hydrogen) atoms. The highest BCUT2D eigenvalue weighted by molar-refractivity contribution is 9.12. The van der Waals surface area contributed by atoms with Crippen molar-refractivity contribution in [2.75, 3.05) is 17.2 Å². The van der Waals surface area contributed by atoms with Gasteiger partial charge in [0.2, 0.25) is 0 Å². The van der Waals surface area contributed by atoms with Crippen LogP contribution >= 0.6 is 43.2 Å². The van der Waals surface area contributed by atoms with Crippen molar-refractivity contribution in [3.63, 3.8) is 0 Å². The lowest BCUT2D eigenvalue weighted by Crippen LogP contribution is -2.30. The number of carbonyl (C=O) groups excluding carboxylic acids is 1. The SMILES string of the molecule is CCN(C(=O)c1cc(Br)sc1Br)c1cccc(N)c1. The fourth-order valence-electron chi connectivity index (χ4n) is 1.77. The standard InChI is InChI=1S/C13H12Br2N2OS/c1-2-17(9-5-3-4-8(16)6-9)13(18)10-7-11(14)19-12(10)15/h3-7H,2,16H2,1H3. The van der Waals surface area contributed by atoms with Crippen molar-refractivity contribution in [2.45, 2.75) is 6.92 Å². The van der Waals surface area contributed by atoms with Crippen molar-refractivity contribution < 1.29 is 4.79 Å². The molecule has 2 aromatic rings. The zero-order valence-electron chi connectivity index (χ0n) is 10.2. The van der Waals surface area contributed by atoms with Crippen LogP contribution in [-0.2, 0) is 0 Å².